The van der Waals surface area contributed by atoms with Crippen LogP contribution in [0.15, 0.2) is 42.5 Å². The highest BCUT2D eigenvalue weighted by Gasteiger charge is 2.18. The molecule has 0 aliphatic rings. The van der Waals surface area contributed by atoms with Gasteiger partial charge in [-0.15, -0.1) is 0 Å². The van der Waals surface area contributed by atoms with Crippen molar-refractivity contribution in [2.45, 2.75) is 38.3 Å². The Balaban J connectivity index is 0.000000304. The smallest absolute Gasteiger partial charge is 0.326 e. The molecule has 0 spiro atoms. The Bertz CT molecular complexity index is 838. The van der Waals surface area contributed by atoms with Crippen molar-refractivity contribution in [2.24, 2.45) is 11.5 Å². The molecule has 8 N–H and O–H groups in total. The number of carbonyl (C=O) groups excluding carboxylic acids is 1. The third-order valence-electron chi connectivity index (χ3n) is 4.30. The molecule has 0 heterocycles. The number of fused-ring (bicyclic) bond motifs is 1. The van der Waals surface area contributed by atoms with Crippen molar-refractivity contribution < 1.29 is 24.6 Å². The molecule has 9 heteroatoms. The normalized spacial score (nSPS) is 12.2. The fourth-order valence-electron chi connectivity index (χ4n) is 2.65. The van der Waals surface area contributed by atoms with Crippen molar-refractivity contribution in [3.05, 3.63) is 42.5 Å². The summed E-state index contributed by atoms with van der Waals surface area (Å²) in [6.07, 6.45) is 1.82. The molecule has 0 fully saturated rings. The van der Waals surface area contributed by atoms with Crippen molar-refractivity contribution >= 4 is 34.3 Å². The minimum Gasteiger partial charge on any atom is -0.480 e. The Hall–Kier alpha value is -3.17. The van der Waals surface area contributed by atoms with E-state index in [0.717, 1.165) is 22.9 Å². The number of aliphatic carboxylic acids is 2. The van der Waals surface area contributed by atoms with Gasteiger partial charge in [0.05, 0.1) is 6.54 Å². The number of hydrogen-bond donors (Lipinski definition) is 6. The molecule has 2 aromatic rings. The van der Waals surface area contributed by atoms with Crippen LogP contribution < -0.4 is 22.1 Å². The lowest BCUT2D eigenvalue weighted by Gasteiger charge is -2.13. The van der Waals surface area contributed by atoms with Gasteiger partial charge in [0.2, 0.25) is 5.91 Å². The van der Waals surface area contributed by atoms with E-state index in [1.807, 2.05) is 42.5 Å². The predicted octanol–water partition coefficient (Wildman–Crippen LogP) is 1.37. The van der Waals surface area contributed by atoms with Gasteiger partial charge in [0.15, 0.2) is 0 Å². The van der Waals surface area contributed by atoms with Gasteiger partial charge < -0.3 is 32.3 Å². The molecule has 0 saturated heterocycles. The summed E-state index contributed by atoms with van der Waals surface area (Å²) in [6, 6.07) is 12.3. The van der Waals surface area contributed by atoms with Crippen LogP contribution >= 0.6 is 0 Å². The second kappa shape index (κ2) is 13.1. The molecule has 2 unspecified atom stereocenters. The van der Waals surface area contributed by atoms with E-state index < -0.39 is 29.9 Å². The first-order valence-electron chi connectivity index (χ1n) is 9.69. The second-order valence-corrected chi connectivity index (χ2v) is 6.68. The Labute approximate surface area is 175 Å². The summed E-state index contributed by atoms with van der Waals surface area (Å²) in [7, 11) is 0. The van der Waals surface area contributed by atoms with Crippen LogP contribution in [0, 0.1) is 0 Å². The SMILES string of the molecule is CC(Nc1cccc2ccccc12)C(=O)O.NCCCCC(NC(=O)CN)C(=O)O. The monoisotopic (exact) mass is 418 g/mol. The van der Waals surface area contributed by atoms with E-state index in [9.17, 15) is 14.4 Å². The summed E-state index contributed by atoms with van der Waals surface area (Å²) < 4.78 is 0. The topological polar surface area (TPSA) is 168 Å². The Kier molecular flexibility index (Phi) is 10.9. The zero-order chi connectivity index (χ0) is 22.5. The van der Waals surface area contributed by atoms with Crippen LogP contribution in [0.4, 0.5) is 5.69 Å². The molecule has 9 nitrogen and oxygen atoms in total. The van der Waals surface area contributed by atoms with Crippen LogP contribution in [-0.2, 0) is 14.4 Å². The average Bonchev–Trinajstić information content (AvgIpc) is 2.73. The maximum absolute atomic E-state index is 10.8. The third kappa shape index (κ3) is 8.46. The Morgan fingerprint density at radius 3 is 2.23 bits per heavy atom. The molecule has 0 radical (unpaired) electrons. The van der Waals surface area contributed by atoms with Gasteiger partial charge in [0.25, 0.3) is 0 Å². The largest absolute Gasteiger partial charge is 0.480 e. The summed E-state index contributed by atoms with van der Waals surface area (Å²) in [5.41, 5.74) is 11.2. The fourth-order valence-corrected chi connectivity index (χ4v) is 2.65. The molecule has 0 aliphatic heterocycles. The van der Waals surface area contributed by atoms with Crippen LogP contribution in [0.25, 0.3) is 10.8 Å². The quantitative estimate of drug-likeness (QED) is 0.314. The van der Waals surface area contributed by atoms with Gasteiger partial charge in [0.1, 0.15) is 12.1 Å². The van der Waals surface area contributed by atoms with E-state index in [0.29, 0.717) is 19.4 Å². The Morgan fingerprint density at radius 2 is 1.63 bits per heavy atom. The van der Waals surface area contributed by atoms with Gasteiger partial charge in [-0.1, -0.05) is 36.4 Å². The minimum atomic E-state index is -1.04. The van der Waals surface area contributed by atoms with Crippen molar-refractivity contribution in [3.63, 3.8) is 0 Å². The number of anilines is 1. The van der Waals surface area contributed by atoms with E-state index in [-0.39, 0.29) is 6.54 Å². The van der Waals surface area contributed by atoms with Crippen LogP contribution in [0.2, 0.25) is 0 Å². The number of rotatable bonds is 10. The number of unbranched alkanes of at least 4 members (excludes halogenated alkanes) is 1. The third-order valence-corrected chi connectivity index (χ3v) is 4.30. The van der Waals surface area contributed by atoms with Gasteiger partial charge in [-0.2, -0.15) is 0 Å². The molecule has 0 aromatic heterocycles. The first-order valence-corrected chi connectivity index (χ1v) is 9.69. The first kappa shape index (κ1) is 24.9. The zero-order valence-corrected chi connectivity index (χ0v) is 17.0. The van der Waals surface area contributed by atoms with Crippen molar-refractivity contribution in [2.75, 3.05) is 18.4 Å². The fraction of sp³-hybridized carbons (Fsp3) is 0.381. The molecule has 0 aliphatic carbocycles. The average molecular weight is 418 g/mol. The van der Waals surface area contributed by atoms with Crippen molar-refractivity contribution in [1.29, 1.82) is 0 Å². The van der Waals surface area contributed by atoms with Crippen molar-refractivity contribution in [3.8, 4) is 0 Å². The maximum atomic E-state index is 10.8. The van der Waals surface area contributed by atoms with Crippen LogP contribution in [0.1, 0.15) is 26.2 Å². The molecule has 0 saturated carbocycles. The summed E-state index contributed by atoms with van der Waals surface area (Å²) in [4.78, 5) is 32.3. The van der Waals surface area contributed by atoms with Crippen LogP contribution in [0.3, 0.4) is 0 Å². The van der Waals surface area contributed by atoms with E-state index >= 15 is 0 Å². The van der Waals surface area contributed by atoms with E-state index in [2.05, 4.69) is 10.6 Å². The number of hydrogen-bond acceptors (Lipinski definition) is 6. The molecule has 2 aromatic carbocycles. The number of amides is 1. The molecular weight excluding hydrogens is 388 g/mol. The molecule has 164 valence electrons. The molecular formula is C21H30N4O5. The van der Waals surface area contributed by atoms with Crippen LogP contribution in [-0.4, -0.2) is 53.2 Å². The van der Waals surface area contributed by atoms with E-state index in [1.165, 1.54) is 0 Å². The summed E-state index contributed by atoms with van der Waals surface area (Å²) in [5.74, 6) is -2.35. The summed E-state index contributed by atoms with van der Waals surface area (Å²) in [6.45, 7) is 1.96. The highest BCUT2D eigenvalue weighted by atomic mass is 16.4. The van der Waals surface area contributed by atoms with Crippen LogP contribution in [0.5, 0.6) is 0 Å². The highest BCUT2D eigenvalue weighted by molar-refractivity contribution is 5.95. The number of nitrogens with one attached hydrogen (secondary N) is 2. The molecule has 0 bridgehead atoms. The Morgan fingerprint density at radius 1 is 0.967 bits per heavy atom. The number of carboxylic acids is 2. The van der Waals surface area contributed by atoms with E-state index in [4.69, 9.17) is 21.7 Å². The number of nitrogens with two attached hydrogens (primary N) is 2. The number of carbonyl (C=O) groups is 3. The van der Waals surface area contributed by atoms with Gasteiger partial charge in [-0.05, 0) is 44.2 Å². The predicted molar refractivity (Wildman–Crippen MR) is 116 cm³/mol. The standard InChI is InChI=1S/C13H13NO2.C8H17N3O3/c1-9(13(15)16)14-12-8-4-6-10-5-2-3-7-11(10)12;9-4-2-1-3-6(8(13)14)11-7(12)5-10/h2-9,14H,1H3,(H,15,16);6H,1-5,9-10H2,(H,11,12)(H,13,14). The van der Waals surface area contributed by atoms with Gasteiger partial charge in [-0.25, -0.2) is 4.79 Å². The summed E-state index contributed by atoms with van der Waals surface area (Å²) >= 11 is 0. The maximum Gasteiger partial charge on any atom is 0.326 e. The van der Waals surface area contributed by atoms with Crippen molar-refractivity contribution in [1.82, 2.24) is 5.32 Å². The first-order chi connectivity index (χ1) is 14.3. The second-order valence-electron chi connectivity index (χ2n) is 6.68. The van der Waals surface area contributed by atoms with Gasteiger partial charge in [0, 0.05) is 11.1 Å². The van der Waals surface area contributed by atoms with E-state index in [1.54, 1.807) is 6.92 Å². The lowest BCUT2D eigenvalue weighted by Crippen LogP contribution is -2.43. The number of benzene rings is 2. The minimum absolute atomic E-state index is 0.194. The molecule has 2 rings (SSSR count). The molecule has 2 atom stereocenters. The molecule has 30 heavy (non-hydrogen) atoms. The zero-order valence-electron chi connectivity index (χ0n) is 17.0. The van der Waals surface area contributed by atoms with Gasteiger partial charge >= 0.3 is 11.9 Å². The molecule has 1 amide bonds. The lowest BCUT2D eigenvalue weighted by atomic mass is 10.1. The summed E-state index contributed by atoms with van der Waals surface area (Å²) in [5, 5.41) is 25.0. The highest BCUT2D eigenvalue weighted by Crippen LogP contribution is 2.23. The van der Waals surface area contributed by atoms with Gasteiger partial charge in [-0.3, -0.25) is 9.59 Å². The number of carboxylic acid groups (broad SMARTS) is 2. The lowest BCUT2D eigenvalue weighted by molar-refractivity contribution is -0.141.